The van der Waals surface area contributed by atoms with Crippen molar-refractivity contribution in [2.24, 2.45) is 0 Å². The lowest BCUT2D eigenvalue weighted by molar-refractivity contribution is 0.0775. The summed E-state index contributed by atoms with van der Waals surface area (Å²) in [7, 11) is 1.44. The smallest absolute Gasteiger partial charge is 0.254 e. The van der Waals surface area contributed by atoms with Crippen LogP contribution in [0.25, 0.3) is 0 Å². The first kappa shape index (κ1) is 13.8. The molecule has 0 atom stereocenters. The third-order valence-electron chi connectivity index (χ3n) is 2.47. The van der Waals surface area contributed by atoms with Gasteiger partial charge in [0.15, 0.2) is 11.5 Å². The number of aromatic hydroxyl groups is 1. The van der Waals surface area contributed by atoms with E-state index in [1.54, 1.807) is 6.07 Å². The number of methoxy groups -OCH3 is 1. The summed E-state index contributed by atoms with van der Waals surface area (Å²) >= 11 is 0. The average Bonchev–Trinajstić information content (AvgIpc) is 2.37. The molecule has 1 N–H and O–H groups in total. The minimum absolute atomic E-state index is 0.0411. The summed E-state index contributed by atoms with van der Waals surface area (Å²) in [4.78, 5) is 13.5. The lowest BCUT2D eigenvalue weighted by atomic mass is 10.1. The predicted molar refractivity (Wildman–Crippen MR) is 66.5 cm³/mol. The van der Waals surface area contributed by atoms with Gasteiger partial charge < -0.3 is 14.7 Å². The Morgan fingerprint density at radius 1 is 1.56 bits per heavy atom. The van der Waals surface area contributed by atoms with Crippen LogP contribution in [-0.2, 0) is 0 Å². The summed E-state index contributed by atoms with van der Waals surface area (Å²) in [6, 6.07) is 6.40. The predicted octanol–water partition coefficient (Wildman–Crippen LogP) is 1.78. The van der Waals surface area contributed by atoms with Gasteiger partial charge in [-0.3, -0.25) is 4.79 Å². The SMILES string of the molecule is CCCN(CC#N)C(=O)c1ccc(OC)c(O)c1. The molecule has 96 valence electrons. The first-order valence-electron chi connectivity index (χ1n) is 5.67. The highest BCUT2D eigenvalue weighted by molar-refractivity contribution is 5.95. The van der Waals surface area contributed by atoms with Crippen molar-refractivity contribution in [3.63, 3.8) is 0 Å². The maximum Gasteiger partial charge on any atom is 0.254 e. The molecule has 0 bridgehead atoms. The quantitative estimate of drug-likeness (QED) is 0.806. The molecule has 0 spiro atoms. The van der Waals surface area contributed by atoms with E-state index in [9.17, 15) is 9.90 Å². The zero-order chi connectivity index (χ0) is 13.5. The van der Waals surface area contributed by atoms with Crippen molar-refractivity contribution in [3.8, 4) is 17.6 Å². The minimum Gasteiger partial charge on any atom is -0.504 e. The molecular formula is C13H16N2O3. The number of phenolic OH excluding ortho intramolecular Hbond substituents is 1. The van der Waals surface area contributed by atoms with Gasteiger partial charge in [-0.05, 0) is 24.6 Å². The fraction of sp³-hybridized carbons (Fsp3) is 0.385. The van der Waals surface area contributed by atoms with Gasteiger partial charge in [0, 0.05) is 12.1 Å². The second kappa shape index (κ2) is 6.50. The molecule has 0 saturated heterocycles. The number of amides is 1. The van der Waals surface area contributed by atoms with Crippen molar-refractivity contribution < 1.29 is 14.6 Å². The number of phenols is 1. The highest BCUT2D eigenvalue weighted by Crippen LogP contribution is 2.26. The van der Waals surface area contributed by atoms with Crippen molar-refractivity contribution >= 4 is 5.91 Å². The molecule has 1 rings (SSSR count). The third kappa shape index (κ3) is 3.14. The van der Waals surface area contributed by atoms with Crippen LogP contribution in [0, 0.1) is 11.3 Å². The van der Waals surface area contributed by atoms with E-state index in [1.165, 1.54) is 24.1 Å². The van der Waals surface area contributed by atoms with Crippen LogP contribution in [-0.4, -0.2) is 36.1 Å². The number of hydrogen-bond donors (Lipinski definition) is 1. The molecule has 0 aromatic heterocycles. The first-order chi connectivity index (χ1) is 8.63. The highest BCUT2D eigenvalue weighted by atomic mass is 16.5. The average molecular weight is 248 g/mol. The molecule has 1 amide bonds. The summed E-state index contributed by atoms with van der Waals surface area (Å²) in [6.07, 6.45) is 0.773. The van der Waals surface area contributed by atoms with Crippen molar-refractivity contribution in [2.45, 2.75) is 13.3 Å². The second-order valence-electron chi connectivity index (χ2n) is 3.77. The Bertz CT molecular complexity index is 466. The van der Waals surface area contributed by atoms with E-state index in [-0.39, 0.29) is 18.2 Å². The Balaban J connectivity index is 2.95. The van der Waals surface area contributed by atoms with E-state index in [0.29, 0.717) is 17.9 Å². The van der Waals surface area contributed by atoms with E-state index in [0.717, 1.165) is 6.42 Å². The molecule has 0 unspecified atom stereocenters. The maximum atomic E-state index is 12.1. The van der Waals surface area contributed by atoms with Gasteiger partial charge in [-0.2, -0.15) is 5.26 Å². The number of ether oxygens (including phenoxy) is 1. The Labute approximate surface area is 106 Å². The van der Waals surface area contributed by atoms with Gasteiger partial charge >= 0.3 is 0 Å². The number of carbonyl (C=O) groups excluding carboxylic acids is 1. The van der Waals surface area contributed by atoms with Crippen LogP contribution >= 0.6 is 0 Å². The molecule has 5 heteroatoms. The molecule has 5 nitrogen and oxygen atoms in total. The van der Waals surface area contributed by atoms with Crippen LogP contribution in [0.3, 0.4) is 0 Å². The zero-order valence-corrected chi connectivity index (χ0v) is 10.5. The van der Waals surface area contributed by atoms with Crippen molar-refractivity contribution in [2.75, 3.05) is 20.2 Å². The Kier molecular flexibility index (Phi) is 5.00. The van der Waals surface area contributed by atoms with E-state index in [1.807, 2.05) is 13.0 Å². The van der Waals surface area contributed by atoms with E-state index in [4.69, 9.17) is 10.00 Å². The van der Waals surface area contributed by atoms with Gasteiger partial charge in [-0.15, -0.1) is 0 Å². The number of benzene rings is 1. The normalized spacial score (nSPS) is 9.61. The van der Waals surface area contributed by atoms with Crippen LogP contribution in [0.15, 0.2) is 18.2 Å². The van der Waals surface area contributed by atoms with Gasteiger partial charge in [0.1, 0.15) is 6.54 Å². The number of carbonyl (C=O) groups is 1. The minimum atomic E-state index is -0.267. The molecule has 0 aliphatic heterocycles. The highest BCUT2D eigenvalue weighted by Gasteiger charge is 2.16. The molecule has 0 aliphatic carbocycles. The number of nitrogens with zero attached hydrogens (tertiary/aromatic N) is 2. The van der Waals surface area contributed by atoms with Crippen molar-refractivity contribution in [1.82, 2.24) is 4.90 Å². The van der Waals surface area contributed by atoms with E-state index in [2.05, 4.69) is 0 Å². The molecule has 1 aromatic rings. The summed E-state index contributed by atoms with van der Waals surface area (Å²) in [5.74, 6) is -0.0398. The van der Waals surface area contributed by atoms with Gasteiger partial charge in [0.05, 0.1) is 13.2 Å². The first-order valence-corrected chi connectivity index (χ1v) is 5.67. The lowest BCUT2D eigenvalue weighted by Crippen LogP contribution is -2.32. The summed E-state index contributed by atoms with van der Waals surface area (Å²) in [5.41, 5.74) is 0.344. The van der Waals surface area contributed by atoms with Gasteiger partial charge in [-0.1, -0.05) is 6.92 Å². The lowest BCUT2D eigenvalue weighted by Gasteiger charge is -2.19. The molecule has 0 heterocycles. The Morgan fingerprint density at radius 2 is 2.28 bits per heavy atom. The summed E-state index contributed by atoms with van der Waals surface area (Å²) < 4.78 is 4.91. The molecule has 18 heavy (non-hydrogen) atoms. The Hall–Kier alpha value is -2.22. The number of nitriles is 1. The number of hydrogen-bond acceptors (Lipinski definition) is 4. The van der Waals surface area contributed by atoms with Crippen molar-refractivity contribution in [1.29, 1.82) is 5.26 Å². The fourth-order valence-electron chi connectivity index (χ4n) is 1.61. The van der Waals surface area contributed by atoms with E-state index < -0.39 is 0 Å². The third-order valence-corrected chi connectivity index (χ3v) is 2.47. The van der Waals surface area contributed by atoms with Gasteiger partial charge in [0.25, 0.3) is 5.91 Å². The second-order valence-corrected chi connectivity index (χ2v) is 3.77. The van der Waals surface area contributed by atoms with Gasteiger partial charge in [0.2, 0.25) is 0 Å². The molecule has 0 radical (unpaired) electrons. The van der Waals surface area contributed by atoms with Gasteiger partial charge in [-0.25, -0.2) is 0 Å². The molecule has 1 aromatic carbocycles. The topological polar surface area (TPSA) is 73.6 Å². The van der Waals surface area contributed by atoms with Crippen molar-refractivity contribution in [3.05, 3.63) is 23.8 Å². The standard InChI is InChI=1S/C13H16N2O3/c1-3-7-15(8-6-14)13(17)10-4-5-12(18-2)11(16)9-10/h4-5,9,16H,3,7-8H2,1-2H3. The maximum absolute atomic E-state index is 12.1. The molecule has 0 aliphatic rings. The van der Waals surface area contributed by atoms with Crippen LogP contribution in [0.1, 0.15) is 23.7 Å². The summed E-state index contributed by atoms with van der Waals surface area (Å²) in [5, 5.41) is 18.3. The zero-order valence-electron chi connectivity index (χ0n) is 10.5. The number of rotatable bonds is 5. The molecule has 0 saturated carbocycles. The van der Waals surface area contributed by atoms with E-state index >= 15 is 0 Å². The monoisotopic (exact) mass is 248 g/mol. The molecular weight excluding hydrogens is 232 g/mol. The van der Waals surface area contributed by atoms with Crippen LogP contribution < -0.4 is 4.74 Å². The van der Waals surface area contributed by atoms with Crippen LogP contribution in [0.2, 0.25) is 0 Å². The summed E-state index contributed by atoms with van der Waals surface area (Å²) in [6.45, 7) is 2.49. The van der Waals surface area contributed by atoms with Crippen LogP contribution in [0.4, 0.5) is 0 Å². The van der Waals surface area contributed by atoms with Crippen LogP contribution in [0.5, 0.6) is 11.5 Å². The fourth-order valence-corrected chi connectivity index (χ4v) is 1.61. The largest absolute Gasteiger partial charge is 0.504 e. The Morgan fingerprint density at radius 3 is 2.78 bits per heavy atom. The molecule has 0 fully saturated rings.